The first-order chi connectivity index (χ1) is 14.7. The number of rotatable bonds is 5. The molecule has 1 unspecified atom stereocenters. The molecule has 0 radical (unpaired) electrons. The van der Waals surface area contributed by atoms with E-state index in [1.165, 1.54) is 4.88 Å². The Kier molecular flexibility index (Phi) is 4.84. The van der Waals surface area contributed by atoms with E-state index >= 15 is 0 Å². The molecule has 6 nitrogen and oxygen atoms in total. The molecule has 0 saturated heterocycles. The molecule has 7 heteroatoms. The zero-order valence-corrected chi connectivity index (χ0v) is 17.6. The van der Waals surface area contributed by atoms with Crippen LogP contribution in [0.3, 0.4) is 0 Å². The van der Waals surface area contributed by atoms with Crippen molar-refractivity contribution in [2.75, 3.05) is 14.2 Å². The monoisotopic (exact) mass is 419 g/mol. The summed E-state index contributed by atoms with van der Waals surface area (Å²) in [6.07, 6.45) is 3.10. The second-order valence-corrected chi connectivity index (χ2v) is 8.38. The molecule has 0 saturated carbocycles. The Balaban J connectivity index is 1.65. The number of carbonyl (C=O) groups is 1. The summed E-state index contributed by atoms with van der Waals surface area (Å²) in [6.45, 7) is 0.362. The first-order valence-corrected chi connectivity index (χ1v) is 10.7. The molecule has 4 aromatic rings. The molecule has 1 atom stereocenters. The Hall–Kier alpha value is -3.03. The number of hydrogen-bond donors (Lipinski definition) is 0. The van der Waals surface area contributed by atoms with Gasteiger partial charge in [-0.05, 0) is 35.6 Å². The third-order valence-electron chi connectivity index (χ3n) is 5.54. The first kappa shape index (κ1) is 19.0. The van der Waals surface area contributed by atoms with Crippen LogP contribution in [-0.2, 0) is 17.8 Å². The number of ether oxygens (including phenoxy) is 2. The minimum atomic E-state index is 0.124. The van der Waals surface area contributed by atoms with E-state index in [-0.39, 0.29) is 11.7 Å². The summed E-state index contributed by atoms with van der Waals surface area (Å²) in [5, 5.41) is 6.74. The number of fused-ring (bicyclic) bond motifs is 2. The number of carbonyl (C=O) groups excluding carboxylic acids is 1. The van der Waals surface area contributed by atoms with Gasteiger partial charge in [0, 0.05) is 30.5 Å². The molecular weight excluding hydrogens is 398 g/mol. The van der Waals surface area contributed by atoms with Gasteiger partial charge in [0.15, 0.2) is 11.4 Å². The normalized spacial score (nSPS) is 16.1. The summed E-state index contributed by atoms with van der Waals surface area (Å²) in [6, 6.07) is 12.0. The number of thiophene rings is 1. The van der Waals surface area contributed by atoms with E-state index in [0.29, 0.717) is 18.6 Å². The highest BCUT2D eigenvalue weighted by Crippen LogP contribution is 2.36. The third-order valence-corrected chi connectivity index (χ3v) is 6.57. The highest BCUT2D eigenvalue weighted by atomic mass is 32.1. The molecule has 1 aromatic carbocycles. The smallest absolute Gasteiger partial charge is 0.166 e. The molecule has 0 spiro atoms. The Morgan fingerprint density at radius 2 is 2.00 bits per heavy atom. The van der Waals surface area contributed by atoms with E-state index < -0.39 is 0 Å². The summed E-state index contributed by atoms with van der Waals surface area (Å²) in [7, 11) is 3.30. The number of nitrogens with zero attached hydrogens (tertiary/aromatic N) is 3. The van der Waals surface area contributed by atoms with E-state index in [0.717, 1.165) is 40.3 Å². The quantitative estimate of drug-likeness (QED) is 0.476. The lowest BCUT2D eigenvalue weighted by molar-refractivity contribution is 0.0963. The molecule has 0 amide bonds. The maximum Gasteiger partial charge on any atom is 0.166 e. The second-order valence-electron chi connectivity index (χ2n) is 7.40. The van der Waals surface area contributed by atoms with E-state index in [2.05, 4.69) is 16.5 Å². The minimum absolute atomic E-state index is 0.124. The topological polar surface area (TPSA) is 65.7 Å². The Morgan fingerprint density at radius 1 is 1.17 bits per heavy atom. The predicted octanol–water partition coefficient (Wildman–Crippen LogP) is 4.53. The van der Waals surface area contributed by atoms with Gasteiger partial charge in [-0.25, -0.2) is 9.50 Å². The fourth-order valence-electron chi connectivity index (χ4n) is 4.10. The van der Waals surface area contributed by atoms with Crippen LogP contribution in [0.4, 0.5) is 0 Å². The van der Waals surface area contributed by atoms with Crippen molar-refractivity contribution in [1.82, 2.24) is 14.6 Å². The number of benzene rings is 1. The molecule has 0 N–H and O–H groups in total. The predicted molar refractivity (Wildman–Crippen MR) is 115 cm³/mol. The van der Waals surface area contributed by atoms with Crippen molar-refractivity contribution < 1.29 is 14.3 Å². The maximum absolute atomic E-state index is 12.9. The van der Waals surface area contributed by atoms with E-state index in [9.17, 15) is 4.79 Å². The van der Waals surface area contributed by atoms with Gasteiger partial charge < -0.3 is 9.47 Å². The Labute approximate surface area is 178 Å². The summed E-state index contributed by atoms with van der Waals surface area (Å²) in [4.78, 5) is 19.1. The maximum atomic E-state index is 12.9. The molecular formula is C23H21N3O3S. The Bertz CT molecular complexity index is 1210. The highest BCUT2D eigenvalue weighted by Gasteiger charge is 2.30. The fraction of sp³-hybridized carbons (Fsp3) is 0.261. The van der Waals surface area contributed by atoms with Gasteiger partial charge in [-0.1, -0.05) is 18.2 Å². The number of methoxy groups -OCH3 is 2. The second kappa shape index (κ2) is 7.66. The van der Waals surface area contributed by atoms with Crippen molar-refractivity contribution in [3.05, 3.63) is 69.8 Å². The Morgan fingerprint density at radius 3 is 2.70 bits per heavy atom. The van der Waals surface area contributed by atoms with Crippen LogP contribution in [0.5, 0.6) is 5.75 Å². The number of Topliss-reactive ketones (excluding diaryl/α,β-unsaturated/α-hetero) is 1. The van der Waals surface area contributed by atoms with Gasteiger partial charge in [-0.2, -0.15) is 5.10 Å². The fourth-order valence-corrected chi connectivity index (χ4v) is 4.93. The molecule has 5 rings (SSSR count). The zero-order valence-electron chi connectivity index (χ0n) is 16.8. The first-order valence-electron chi connectivity index (χ1n) is 9.79. The van der Waals surface area contributed by atoms with Crippen molar-refractivity contribution in [1.29, 1.82) is 0 Å². The number of hydrogen-bond acceptors (Lipinski definition) is 6. The molecule has 3 aromatic heterocycles. The van der Waals surface area contributed by atoms with Gasteiger partial charge in [-0.15, -0.1) is 11.3 Å². The molecule has 152 valence electrons. The molecule has 0 aliphatic heterocycles. The van der Waals surface area contributed by atoms with Crippen LogP contribution in [0.25, 0.3) is 16.8 Å². The molecule has 3 heterocycles. The van der Waals surface area contributed by atoms with Crippen LogP contribution in [0.15, 0.2) is 48.0 Å². The van der Waals surface area contributed by atoms with Gasteiger partial charge in [-0.3, -0.25) is 4.79 Å². The standard InChI is InChI=1S/C23H21N3O3S/c1-28-13-19-22(14-5-7-16(29-2)8-6-14)23-24-18-10-15(21-4-3-9-30-21)11-20(27)17(18)12-26(23)25-19/h3-9,12,15H,10-11,13H2,1-2H3. The van der Waals surface area contributed by atoms with Crippen LogP contribution < -0.4 is 4.74 Å². The van der Waals surface area contributed by atoms with Crippen LogP contribution in [0.2, 0.25) is 0 Å². The number of aromatic nitrogens is 3. The molecule has 30 heavy (non-hydrogen) atoms. The van der Waals surface area contributed by atoms with Gasteiger partial charge in [0.2, 0.25) is 0 Å². The third kappa shape index (κ3) is 3.20. The lowest BCUT2D eigenvalue weighted by Gasteiger charge is -2.22. The minimum Gasteiger partial charge on any atom is -0.497 e. The van der Waals surface area contributed by atoms with E-state index in [1.807, 2.05) is 36.5 Å². The SMILES string of the molecule is COCc1nn2cc3c(nc2c1-c1ccc(OC)cc1)CC(c1cccs1)CC3=O. The van der Waals surface area contributed by atoms with Crippen LogP contribution >= 0.6 is 11.3 Å². The van der Waals surface area contributed by atoms with Crippen LogP contribution in [0, 0.1) is 0 Å². The summed E-state index contributed by atoms with van der Waals surface area (Å²) >= 11 is 1.70. The summed E-state index contributed by atoms with van der Waals surface area (Å²) < 4.78 is 12.4. The van der Waals surface area contributed by atoms with Crippen molar-refractivity contribution in [2.45, 2.75) is 25.4 Å². The van der Waals surface area contributed by atoms with Gasteiger partial charge in [0.1, 0.15) is 5.75 Å². The van der Waals surface area contributed by atoms with Gasteiger partial charge in [0.25, 0.3) is 0 Å². The summed E-state index contributed by atoms with van der Waals surface area (Å²) in [5.41, 5.74) is 4.96. The van der Waals surface area contributed by atoms with Crippen molar-refractivity contribution >= 4 is 22.8 Å². The van der Waals surface area contributed by atoms with Crippen molar-refractivity contribution in [3.8, 4) is 16.9 Å². The van der Waals surface area contributed by atoms with Gasteiger partial charge in [0.05, 0.1) is 36.2 Å². The lowest BCUT2D eigenvalue weighted by atomic mass is 9.85. The zero-order chi connectivity index (χ0) is 20.7. The number of ketones is 1. The van der Waals surface area contributed by atoms with E-state index in [4.69, 9.17) is 14.5 Å². The van der Waals surface area contributed by atoms with Crippen molar-refractivity contribution in [2.24, 2.45) is 0 Å². The molecule has 1 aliphatic rings. The summed E-state index contributed by atoms with van der Waals surface area (Å²) in [5.74, 6) is 1.10. The lowest BCUT2D eigenvalue weighted by Crippen LogP contribution is -2.20. The largest absolute Gasteiger partial charge is 0.497 e. The average Bonchev–Trinajstić information content (AvgIpc) is 3.41. The van der Waals surface area contributed by atoms with Crippen molar-refractivity contribution in [3.63, 3.8) is 0 Å². The van der Waals surface area contributed by atoms with Crippen LogP contribution in [0.1, 0.15) is 39.0 Å². The molecule has 0 bridgehead atoms. The van der Waals surface area contributed by atoms with Gasteiger partial charge >= 0.3 is 0 Å². The average molecular weight is 420 g/mol. The highest BCUT2D eigenvalue weighted by molar-refractivity contribution is 7.10. The van der Waals surface area contributed by atoms with Crippen LogP contribution in [-0.4, -0.2) is 34.6 Å². The molecule has 0 fully saturated rings. The van der Waals surface area contributed by atoms with E-state index in [1.54, 1.807) is 30.1 Å². The molecule has 1 aliphatic carbocycles.